The fraction of sp³-hybridized carbons (Fsp3) is 0.190. The number of isothiocyanates is 1. The molecule has 0 saturated heterocycles. The van der Waals surface area contributed by atoms with Gasteiger partial charge in [-0.1, -0.05) is 37.3 Å². The van der Waals surface area contributed by atoms with Crippen molar-refractivity contribution in [3.63, 3.8) is 0 Å². The van der Waals surface area contributed by atoms with Gasteiger partial charge in [0.2, 0.25) is 0 Å². The molecule has 0 aliphatic heterocycles. The summed E-state index contributed by atoms with van der Waals surface area (Å²) in [5, 5.41) is 2.01. The summed E-state index contributed by atoms with van der Waals surface area (Å²) in [6.07, 6.45) is 3.34. The lowest BCUT2D eigenvalue weighted by atomic mass is 10.1. The molecular formula is C21H15F2NS. The van der Waals surface area contributed by atoms with Gasteiger partial charge in [0, 0.05) is 11.1 Å². The predicted molar refractivity (Wildman–Crippen MR) is 99.3 cm³/mol. The molecule has 0 saturated carbocycles. The molecule has 25 heavy (non-hydrogen) atoms. The van der Waals surface area contributed by atoms with Crippen molar-refractivity contribution >= 4 is 17.4 Å². The highest BCUT2D eigenvalue weighted by molar-refractivity contribution is 7.78. The van der Waals surface area contributed by atoms with Crippen LogP contribution in [-0.2, 0) is 6.42 Å². The Labute approximate surface area is 151 Å². The quantitative estimate of drug-likeness (QED) is 0.425. The lowest BCUT2D eigenvalue weighted by molar-refractivity contribution is 0.577. The van der Waals surface area contributed by atoms with Crippen LogP contribution in [0.1, 0.15) is 42.0 Å². The molecule has 4 heteroatoms. The Morgan fingerprint density at radius 1 is 0.960 bits per heavy atom. The smallest absolute Gasteiger partial charge is 0.143 e. The first-order chi connectivity index (χ1) is 12.1. The van der Waals surface area contributed by atoms with E-state index in [9.17, 15) is 8.78 Å². The molecule has 0 atom stereocenters. The van der Waals surface area contributed by atoms with E-state index in [1.54, 1.807) is 0 Å². The number of hydrogen-bond acceptors (Lipinski definition) is 2. The van der Waals surface area contributed by atoms with E-state index < -0.39 is 11.6 Å². The van der Waals surface area contributed by atoms with Gasteiger partial charge in [-0.05, 0) is 60.8 Å². The predicted octanol–water partition coefficient (Wildman–Crippen LogP) is 5.12. The summed E-state index contributed by atoms with van der Waals surface area (Å²) in [5.74, 6) is 6.37. The molecule has 0 spiro atoms. The third-order valence-electron chi connectivity index (χ3n) is 3.45. The average Bonchev–Trinajstić information content (AvgIpc) is 2.61. The largest absolute Gasteiger partial charge is 0.205 e. The van der Waals surface area contributed by atoms with E-state index in [4.69, 9.17) is 0 Å². The number of benzene rings is 2. The van der Waals surface area contributed by atoms with Crippen LogP contribution < -0.4 is 0 Å². The number of halogens is 2. The molecule has 0 fully saturated rings. The van der Waals surface area contributed by atoms with E-state index >= 15 is 0 Å². The highest BCUT2D eigenvalue weighted by Crippen LogP contribution is 2.14. The van der Waals surface area contributed by atoms with Gasteiger partial charge < -0.3 is 0 Å². The fourth-order valence-electron chi connectivity index (χ4n) is 2.15. The van der Waals surface area contributed by atoms with Crippen LogP contribution in [0.3, 0.4) is 0 Å². The van der Waals surface area contributed by atoms with E-state index in [0.29, 0.717) is 0 Å². The first kappa shape index (κ1) is 18.6. The van der Waals surface area contributed by atoms with Crippen LogP contribution >= 0.6 is 12.2 Å². The van der Waals surface area contributed by atoms with Gasteiger partial charge >= 0.3 is 0 Å². The average molecular weight is 351 g/mol. The molecule has 0 radical (unpaired) electrons. The van der Waals surface area contributed by atoms with Gasteiger partial charge in [-0.3, -0.25) is 0 Å². The first-order valence-electron chi connectivity index (χ1n) is 7.82. The third kappa shape index (κ3) is 5.66. The highest BCUT2D eigenvalue weighted by atomic mass is 32.1. The summed E-state index contributed by atoms with van der Waals surface area (Å²) in [5.41, 5.74) is 1.93. The van der Waals surface area contributed by atoms with Crippen LogP contribution in [0.15, 0.2) is 41.4 Å². The first-order valence-corrected chi connectivity index (χ1v) is 8.22. The van der Waals surface area contributed by atoms with Crippen LogP contribution in [0.2, 0.25) is 0 Å². The number of rotatable bonds is 3. The maximum absolute atomic E-state index is 13.9. The normalized spacial score (nSPS) is 9.24. The van der Waals surface area contributed by atoms with E-state index in [1.807, 2.05) is 29.4 Å². The second-order valence-corrected chi connectivity index (χ2v) is 5.49. The molecule has 0 aliphatic rings. The zero-order valence-electron chi connectivity index (χ0n) is 13.7. The Balaban J connectivity index is 2.20. The van der Waals surface area contributed by atoms with Crippen molar-refractivity contribution < 1.29 is 8.78 Å². The molecule has 0 amide bonds. The Hall–Kier alpha value is -2.78. The van der Waals surface area contributed by atoms with Gasteiger partial charge in [0.25, 0.3) is 0 Å². The number of hydrogen-bond donors (Lipinski definition) is 0. The van der Waals surface area contributed by atoms with Crippen LogP contribution in [0, 0.1) is 35.4 Å². The van der Waals surface area contributed by atoms with Crippen molar-refractivity contribution in [3.8, 4) is 23.8 Å². The zero-order chi connectivity index (χ0) is 18.1. The van der Waals surface area contributed by atoms with E-state index in [1.165, 1.54) is 5.56 Å². The van der Waals surface area contributed by atoms with E-state index in [-0.39, 0.29) is 11.1 Å². The second-order valence-electron chi connectivity index (χ2n) is 5.31. The minimum absolute atomic E-state index is 0.244. The van der Waals surface area contributed by atoms with Gasteiger partial charge in [-0.15, -0.1) is 4.99 Å². The SMILES string of the molecule is CCCCc1ccc(C#Cc2cc(F)c(C#CN=C=S)c(F)c2)cc1. The molecular weight excluding hydrogens is 336 g/mol. The standard InChI is InChI=1S/C21H15F2NS/c1-2-3-4-16-5-7-17(8-6-16)9-10-18-13-20(22)19(21(23)14-18)11-12-24-15-25/h5-8,13-14H,2-4H2,1H3. The third-order valence-corrected chi connectivity index (χ3v) is 3.54. The molecule has 0 unspecified atom stereocenters. The molecule has 0 heterocycles. The Morgan fingerprint density at radius 3 is 2.20 bits per heavy atom. The van der Waals surface area contributed by atoms with Gasteiger partial charge in [-0.25, -0.2) is 8.78 Å². The lowest BCUT2D eigenvalue weighted by Gasteiger charge is -2.00. The molecule has 1 nitrogen and oxygen atoms in total. The highest BCUT2D eigenvalue weighted by Gasteiger charge is 2.08. The van der Waals surface area contributed by atoms with Gasteiger partial charge in [0.15, 0.2) is 0 Å². The summed E-state index contributed by atoms with van der Waals surface area (Å²) in [4.78, 5) is 3.32. The number of unbranched alkanes of at least 4 members (excludes halogenated alkanes) is 1. The van der Waals surface area contributed by atoms with Crippen molar-refractivity contribution in [1.82, 2.24) is 0 Å². The molecule has 2 aromatic carbocycles. The summed E-state index contributed by atoms with van der Waals surface area (Å²) < 4.78 is 27.9. The molecule has 2 aromatic rings. The van der Waals surface area contributed by atoms with Crippen LogP contribution in [0.25, 0.3) is 0 Å². The maximum atomic E-state index is 13.9. The monoisotopic (exact) mass is 351 g/mol. The van der Waals surface area contributed by atoms with Crippen LogP contribution in [0.4, 0.5) is 8.78 Å². The Bertz CT molecular complexity index is 895. The molecule has 124 valence electrons. The minimum Gasteiger partial charge on any atom is -0.205 e. The molecule has 0 bridgehead atoms. The van der Waals surface area contributed by atoms with E-state index in [2.05, 4.69) is 47.9 Å². The fourth-order valence-corrected chi connectivity index (χ4v) is 2.20. The summed E-state index contributed by atoms with van der Waals surface area (Å²) >= 11 is 4.34. The minimum atomic E-state index is -0.786. The number of thiocarbonyl (C=S) groups is 1. The van der Waals surface area contributed by atoms with Gasteiger partial charge in [0.05, 0.1) is 16.8 Å². The molecule has 0 aromatic heterocycles. The summed E-state index contributed by atoms with van der Waals surface area (Å²) in [6.45, 7) is 2.15. The van der Waals surface area contributed by atoms with Gasteiger partial charge in [-0.2, -0.15) is 0 Å². The second kappa shape index (κ2) is 9.50. The van der Waals surface area contributed by atoms with Crippen molar-refractivity contribution in [2.75, 3.05) is 0 Å². The van der Waals surface area contributed by atoms with E-state index in [0.717, 1.165) is 37.0 Å². The number of aryl methyl sites for hydroxylation is 1. The summed E-state index contributed by atoms with van der Waals surface area (Å²) in [6, 6.07) is 12.3. The number of aliphatic imine (C=N–C) groups is 1. The molecule has 2 rings (SSSR count). The molecule has 0 aliphatic carbocycles. The van der Waals surface area contributed by atoms with Crippen molar-refractivity contribution in [2.24, 2.45) is 4.99 Å². The lowest BCUT2D eigenvalue weighted by Crippen LogP contribution is -1.92. The Morgan fingerprint density at radius 2 is 1.60 bits per heavy atom. The topological polar surface area (TPSA) is 12.4 Å². The van der Waals surface area contributed by atoms with Crippen LogP contribution in [0.5, 0.6) is 0 Å². The van der Waals surface area contributed by atoms with Crippen molar-refractivity contribution in [1.29, 1.82) is 0 Å². The Kier molecular flexibility index (Phi) is 7.05. The van der Waals surface area contributed by atoms with Crippen molar-refractivity contribution in [2.45, 2.75) is 26.2 Å². The molecule has 0 N–H and O–H groups in total. The maximum Gasteiger partial charge on any atom is 0.143 e. The van der Waals surface area contributed by atoms with Crippen LogP contribution in [-0.4, -0.2) is 5.16 Å². The zero-order valence-corrected chi connectivity index (χ0v) is 14.5. The number of nitrogens with zero attached hydrogens (tertiary/aromatic N) is 1. The summed E-state index contributed by atoms with van der Waals surface area (Å²) in [7, 11) is 0. The van der Waals surface area contributed by atoms with Crippen molar-refractivity contribution in [3.05, 3.63) is 70.3 Å². The van der Waals surface area contributed by atoms with Gasteiger partial charge in [0.1, 0.15) is 11.6 Å².